The molecule has 0 radical (unpaired) electrons. The standard InChI is InChI=1S/C23H16F3NO5/c24-23(25,26)16-3-1-2-15(11-16)19-7-8-20(32-19)22(30)31-12-18(28)14-4-6-17-13(10-14)5-9-21(29)27-17/h1-4,6-8,10-11H,5,9,12H2,(H,27,29). The Morgan fingerprint density at radius 3 is 2.62 bits per heavy atom. The van der Waals surface area contributed by atoms with Crippen LogP contribution in [0.1, 0.15) is 38.5 Å². The number of Topliss-reactive ketones (excluding diaryl/α,β-unsaturated/α-hetero) is 1. The number of ketones is 1. The van der Waals surface area contributed by atoms with Crippen LogP contribution in [-0.4, -0.2) is 24.3 Å². The Balaban J connectivity index is 1.41. The van der Waals surface area contributed by atoms with Crippen molar-refractivity contribution in [2.75, 3.05) is 11.9 Å². The second-order valence-corrected chi connectivity index (χ2v) is 7.16. The summed E-state index contributed by atoms with van der Waals surface area (Å²) in [7, 11) is 0. The second kappa shape index (κ2) is 8.33. The van der Waals surface area contributed by atoms with Gasteiger partial charge in [-0.05, 0) is 54.4 Å². The minimum Gasteiger partial charge on any atom is -0.451 e. The predicted octanol–water partition coefficient (Wildman–Crippen LogP) is 4.89. The van der Waals surface area contributed by atoms with Gasteiger partial charge in [0, 0.05) is 23.2 Å². The molecule has 2 heterocycles. The van der Waals surface area contributed by atoms with Gasteiger partial charge in [-0.15, -0.1) is 0 Å². The van der Waals surface area contributed by atoms with E-state index in [1.807, 2.05) is 0 Å². The number of carbonyl (C=O) groups is 3. The number of amides is 1. The lowest BCUT2D eigenvalue weighted by atomic mass is 9.99. The summed E-state index contributed by atoms with van der Waals surface area (Å²) in [5.41, 5.74) is 1.10. The number of carbonyl (C=O) groups excluding carboxylic acids is 3. The van der Waals surface area contributed by atoms with Crippen molar-refractivity contribution in [3.63, 3.8) is 0 Å². The van der Waals surface area contributed by atoms with E-state index in [-0.39, 0.29) is 23.0 Å². The van der Waals surface area contributed by atoms with Gasteiger partial charge in [0.25, 0.3) is 0 Å². The predicted molar refractivity (Wildman–Crippen MR) is 107 cm³/mol. The maximum Gasteiger partial charge on any atom is 0.416 e. The molecule has 1 aliphatic heterocycles. The van der Waals surface area contributed by atoms with Crippen LogP contribution in [0.3, 0.4) is 0 Å². The van der Waals surface area contributed by atoms with Gasteiger partial charge < -0.3 is 14.5 Å². The summed E-state index contributed by atoms with van der Waals surface area (Å²) in [6.07, 6.45) is -3.67. The Labute approximate surface area is 180 Å². The first-order valence-electron chi connectivity index (χ1n) is 9.61. The highest BCUT2D eigenvalue weighted by atomic mass is 19.4. The quantitative estimate of drug-likeness (QED) is 0.448. The number of benzene rings is 2. The van der Waals surface area contributed by atoms with Gasteiger partial charge in [0.1, 0.15) is 5.76 Å². The molecule has 0 saturated carbocycles. The molecule has 164 valence electrons. The monoisotopic (exact) mass is 443 g/mol. The van der Waals surface area contributed by atoms with E-state index in [0.29, 0.717) is 24.1 Å². The molecule has 0 fully saturated rings. The normalized spacial score (nSPS) is 13.3. The molecule has 0 saturated heterocycles. The van der Waals surface area contributed by atoms with Crippen molar-refractivity contribution in [3.8, 4) is 11.3 Å². The summed E-state index contributed by atoms with van der Waals surface area (Å²) in [5.74, 6) is -1.62. The highest BCUT2D eigenvalue weighted by Crippen LogP contribution is 2.32. The van der Waals surface area contributed by atoms with E-state index in [2.05, 4.69) is 5.32 Å². The SMILES string of the molecule is O=C1CCc2cc(C(=O)COC(=O)c3ccc(-c4cccc(C(F)(F)F)c4)o3)ccc2N1. The fourth-order valence-corrected chi connectivity index (χ4v) is 3.29. The second-order valence-electron chi connectivity index (χ2n) is 7.16. The lowest BCUT2D eigenvalue weighted by Gasteiger charge is -2.17. The molecule has 1 amide bonds. The number of esters is 1. The zero-order valence-corrected chi connectivity index (χ0v) is 16.5. The molecule has 3 aromatic rings. The maximum atomic E-state index is 12.9. The van der Waals surface area contributed by atoms with Crippen LogP contribution < -0.4 is 5.32 Å². The van der Waals surface area contributed by atoms with Crippen LogP contribution in [0.4, 0.5) is 18.9 Å². The summed E-state index contributed by atoms with van der Waals surface area (Å²) in [6, 6.07) is 11.9. The molecule has 1 aromatic heterocycles. The third-order valence-electron chi connectivity index (χ3n) is 4.94. The maximum absolute atomic E-state index is 12.9. The zero-order chi connectivity index (χ0) is 22.9. The van der Waals surface area contributed by atoms with Crippen LogP contribution in [0, 0.1) is 0 Å². The van der Waals surface area contributed by atoms with Gasteiger partial charge in [0.15, 0.2) is 12.4 Å². The van der Waals surface area contributed by atoms with Crippen molar-refractivity contribution in [3.05, 3.63) is 77.0 Å². The van der Waals surface area contributed by atoms with Crippen molar-refractivity contribution in [1.82, 2.24) is 0 Å². The lowest BCUT2D eigenvalue weighted by molar-refractivity contribution is -0.137. The number of rotatable bonds is 5. The zero-order valence-electron chi connectivity index (χ0n) is 16.5. The number of halogens is 3. The number of anilines is 1. The Morgan fingerprint density at radius 2 is 1.84 bits per heavy atom. The first-order valence-corrected chi connectivity index (χ1v) is 9.61. The Morgan fingerprint density at radius 1 is 1.03 bits per heavy atom. The summed E-state index contributed by atoms with van der Waals surface area (Å²) in [5, 5.41) is 2.71. The molecule has 0 aliphatic carbocycles. The van der Waals surface area contributed by atoms with Crippen LogP contribution in [0.25, 0.3) is 11.3 Å². The molecule has 0 unspecified atom stereocenters. The van der Waals surface area contributed by atoms with Crippen LogP contribution in [0.2, 0.25) is 0 Å². The molecular weight excluding hydrogens is 427 g/mol. The van der Waals surface area contributed by atoms with Crippen LogP contribution in [0.15, 0.2) is 59.0 Å². The Kier molecular flexibility index (Phi) is 5.56. The van der Waals surface area contributed by atoms with Gasteiger partial charge in [-0.1, -0.05) is 12.1 Å². The highest BCUT2D eigenvalue weighted by Gasteiger charge is 2.30. The minimum atomic E-state index is -4.51. The number of aryl methyl sites for hydroxylation is 1. The Hall–Kier alpha value is -3.88. The van der Waals surface area contributed by atoms with Crippen molar-refractivity contribution in [1.29, 1.82) is 0 Å². The molecule has 0 spiro atoms. The first kappa shape index (κ1) is 21.4. The van der Waals surface area contributed by atoms with E-state index in [1.54, 1.807) is 12.1 Å². The third kappa shape index (κ3) is 4.56. The van der Waals surface area contributed by atoms with E-state index in [0.717, 1.165) is 17.7 Å². The molecule has 1 N–H and O–H groups in total. The van der Waals surface area contributed by atoms with Crippen molar-refractivity contribution < 1.29 is 36.7 Å². The minimum absolute atomic E-state index is 0.0612. The molecule has 4 rings (SSSR count). The lowest BCUT2D eigenvalue weighted by Crippen LogP contribution is -2.20. The van der Waals surface area contributed by atoms with Gasteiger partial charge in [0.2, 0.25) is 11.7 Å². The van der Waals surface area contributed by atoms with E-state index in [9.17, 15) is 27.6 Å². The number of ether oxygens (including phenoxy) is 1. The van der Waals surface area contributed by atoms with E-state index >= 15 is 0 Å². The number of alkyl halides is 3. The number of hydrogen-bond acceptors (Lipinski definition) is 5. The molecule has 0 atom stereocenters. The molecule has 1 aliphatic rings. The summed E-state index contributed by atoms with van der Waals surface area (Å²) < 4.78 is 49.0. The van der Waals surface area contributed by atoms with Crippen LogP contribution >= 0.6 is 0 Å². The number of furan rings is 1. The van der Waals surface area contributed by atoms with E-state index in [1.165, 1.54) is 30.3 Å². The summed E-state index contributed by atoms with van der Waals surface area (Å²) in [6.45, 7) is -0.538. The molecule has 32 heavy (non-hydrogen) atoms. The highest BCUT2D eigenvalue weighted by molar-refractivity contribution is 6.00. The van der Waals surface area contributed by atoms with Gasteiger partial charge in [-0.2, -0.15) is 13.2 Å². The topological polar surface area (TPSA) is 85.6 Å². The average molecular weight is 443 g/mol. The van der Waals surface area contributed by atoms with Crippen LogP contribution in [-0.2, 0) is 22.1 Å². The molecule has 2 aromatic carbocycles. The average Bonchev–Trinajstić information content (AvgIpc) is 3.27. The smallest absolute Gasteiger partial charge is 0.416 e. The van der Waals surface area contributed by atoms with Gasteiger partial charge in [-0.25, -0.2) is 4.79 Å². The summed E-state index contributed by atoms with van der Waals surface area (Å²) >= 11 is 0. The van der Waals surface area contributed by atoms with Crippen molar-refractivity contribution in [2.24, 2.45) is 0 Å². The number of hydrogen-bond donors (Lipinski definition) is 1. The largest absolute Gasteiger partial charge is 0.451 e. The number of nitrogens with one attached hydrogen (secondary N) is 1. The van der Waals surface area contributed by atoms with E-state index in [4.69, 9.17) is 9.15 Å². The molecule has 0 bridgehead atoms. The van der Waals surface area contributed by atoms with Crippen molar-refractivity contribution in [2.45, 2.75) is 19.0 Å². The fraction of sp³-hybridized carbons (Fsp3) is 0.174. The molecular formula is C23H16F3NO5. The van der Waals surface area contributed by atoms with Gasteiger partial charge >= 0.3 is 12.1 Å². The van der Waals surface area contributed by atoms with E-state index < -0.39 is 30.1 Å². The molecule has 6 nitrogen and oxygen atoms in total. The molecule has 9 heteroatoms. The van der Waals surface area contributed by atoms with Gasteiger partial charge in [-0.3, -0.25) is 9.59 Å². The fourth-order valence-electron chi connectivity index (χ4n) is 3.29. The van der Waals surface area contributed by atoms with Crippen molar-refractivity contribution >= 4 is 23.3 Å². The van der Waals surface area contributed by atoms with Crippen LogP contribution in [0.5, 0.6) is 0 Å². The first-order chi connectivity index (χ1) is 15.2. The van der Waals surface area contributed by atoms with Gasteiger partial charge in [0.05, 0.1) is 5.56 Å². The third-order valence-corrected chi connectivity index (χ3v) is 4.94. The summed E-state index contributed by atoms with van der Waals surface area (Å²) in [4.78, 5) is 36.0. The Bertz CT molecular complexity index is 1210. The number of fused-ring (bicyclic) bond motifs is 1.